The molecule has 3 aliphatic heterocycles. The summed E-state index contributed by atoms with van der Waals surface area (Å²) in [6.07, 6.45) is -13.7. The molecule has 0 aromatic heterocycles. The van der Waals surface area contributed by atoms with Gasteiger partial charge in [0, 0.05) is 25.9 Å². The quantitative estimate of drug-likeness (QED) is 0.0200. The lowest BCUT2D eigenvalue weighted by Crippen LogP contribution is -2.68. The minimum absolute atomic E-state index is 0.0143. The van der Waals surface area contributed by atoms with Crippen LogP contribution in [-0.4, -0.2) is 131 Å². The van der Waals surface area contributed by atoms with Crippen molar-refractivity contribution in [2.45, 2.75) is 152 Å². The molecule has 15 atom stereocenters. The first-order valence-electron chi connectivity index (χ1n) is 28.8. The molecule has 0 bridgehead atoms. The van der Waals surface area contributed by atoms with E-state index < -0.39 is 104 Å². The first-order chi connectivity index (χ1) is 42.1. The van der Waals surface area contributed by atoms with Crippen molar-refractivity contribution in [3.05, 3.63) is 220 Å². The van der Waals surface area contributed by atoms with Crippen molar-refractivity contribution in [1.82, 2.24) is 5.32 Å². The van der Waals surface area contributed by atoms with Crippen molar-refractivity contribution in [2.24, 2.45) is 5.11 Å². The Balaban J connectivity index is 1.10. The summed E-state index contributed by atoms with van der Waals surface area (Å²) in [6, 6.07) is 53.2. The lowest BCUT2D eigenvalue weighted by Gasteiger charge is -2.50. The van der Waals surface area contributed by atoms with E-state index in [0.717, 1.165) is 33.4 Å². The predicted octanol–water partition coefficient (Wildman–Crippen LogP) is 9.50. The van der Waals surface area contributed by atoms with Gasteiger partial charge in [0.05, 0.1) is 66.1 Å². The van der Waals surface area contributed by atoms with Crippen LogP contribution in [0.5, 0.6) is 5.75 Å². The van der Waals surface area contributed by atoms with Crippen LogP contribution in [0.25, 0.3) is 10.4 Å². The van der Waals surface area contributed by atoms with Gasteiger partial charge in [-0.1, -0.05) is 169 Å². The van der Waals surface area contributed by atoms with Gasteiger partial charge >= 0.3 is 5.97 Å². The number of ether oxygens (including phenoxy) is 14. The topological polar surface area (TPSA) is 224 Å². The van der Waals surface area contributed by atoms with E-state index >= 15 is 0 Å². The second kappa shape index (κ2) is 32.6. The van der Waals surface area contributed by atoms with E-state index in [1.54, 1.807) is 14.0 Å². The molecule has 3 saturated heterocycles. The molecule has 0 aliphatic carbocycles. The van der Waals surface area contributed by atoms with E-state index in [1.165, 1.54) is 21.0 Å². The Morgan fingerprint density at radius 1 is 0.488 bits per heavy atom. The molecule has 0 saturated carbocycles. The summed E-state index contributed by atoms with van der Waals surface area (Å²) in [4.78, 5) is 29.6. The number of benzene rings is 6. The number of methoxy groups -OCH3 is 2. The number of hydrogen-bond donors (Lipinski definition) is 1. The highest BCUT2D eigenvalue weighted by atomic mass is 16.8. The second-order valence-corrected chi connectivity index (χ2v) is 21.1. The Morgan fingerprint density at radius 3 is 1.45 bits per heavy atom. The van der Waals surface area contributed by atoms with Crippen LogP contribution in [0.2, 0.25) is 0 Å². The van der Waals surface area contributed by atoms with Crippen molar-refractivity contribution in [3.63, 3.8) is 0 Å². The fraction of sp³-hybridized carbons (Fsp3) is 0.424. The molecule has 0 unspecified atom stereocenters. The summed E-state index contributed by atoms with van der Waals surface area (Å²) in [7, 11) is 3.08. The average molecular weight is 1180 g/mol. The van der Waals surface area contributed by atoms with E-state index in [1.807, 2.05) is 176 Å². The predicted molar refractivity (Wildman–Crippen MR) is 313 cm³/mol. The van der Waals surface area contributed by atoms with Crippen molar-refractivity contribution < 1.29 is 75.9 Å². The molecule has 86 heavy (non-hydrogen) atoms. The lowest BCUT2D eigenvalue weighted by molar-refractivity contribution is -0.353. The summed E-state index contributed by atoms with van der Waals surface area (Å²) in [6.45, 7) is 4.86. The van der Waals surface area contributed by atoms with Gasteiger partial charge in [-0.3, -0.25) is 9.59 Å². The zero-order valence-corrected chi connectivity index (χ0v) is 48.9. The average Bonchev–Trinajstić information content (AvgIpc) is 1.66. The minimum Gasteiger partial charge on any atom is -0.497 e. The normalized spacial score (nSPS) is 27.3. The molecule has 456 valence electrons. The van der Waals surface area contributed by atoms with Gasteiger partial charge in [0.1, 0.15) is 66.7 Å². The molecule has 3 heterocycles. The van der Waals surface area contributed by atoms with E-state index in [2.05, 4.69) is 15.3 Å². The monoisotopic (exact) mass is 1180 g/mol. The summed E-state index contributed by atoms with van der Waals surface area (Å²) in [5, 5.41) is 7.47. The highest BCUT2D eigenvalue weighted by Gasteiger charge is 2.55. The first-order valence-corrected chi connectivity index (χ1v) is 28.8. The van der Waals surface area contributed by atoms with Crippen molar-refractivity contribution in [3.8, 4) is 5.75 Å². The third-order valence-corrected chi connectivity index (χ3v) is 14.9. The molecule has 1 amide bonds. The third-order valence-electron chi connectivity index (χ3n) is 14.9. The SMILES string of the molecule is COc1ccc(CO[C@H]2[C@H](OC)[C@H](OC[C@H]3O[C@@H](OCc4ccccc4)[C@H](NC(C)=O)[C@@H](OCc4ccccc4)[C@@H]3O[C@@H]3O[C@H](COCc4ccccc4)[C@@H](OCc4ccccc4)[C@H](OCc4ccccc4)[C@H]3N=[N+]=[N-])O[C@@H](C)[C@H]2OC(C)=O)cc1. The highest BCUT2D eigenvalue weighted by molar-refractivity contribution is 5.73. The number of nitrogens with zero attached hydrogens (tertiary/aromatic N) is 3. The fourth-order valence-electron chi connectivity index (χ4n) is 10.7. The van der Waals surface area contributed by atoms with Crippen LogP contribution < -0.4 is 10.1 Å². The van der Waals surface area contributed by atoms with Crippen LogP contribution in [0.4, 0.5) is 0 Å². The Morgan fingerprint density at radius 2 is 0.953 bits per heavy atom. The molecule has 20 heteroatoms. The van der Waals surface area contributed by atoms with Gasteiger partial charge in [0.25, 0.3) is 0 Å². The second-order valence-electron chi connectivity index (χ2n) is 21.1. The summed E-state index contributed by atoms with van der Waals surface area (Å²) >= 11 is 0. The van der Waals surface area contributed by atoms with Gasteiger partial charge < -0.3 is 71.6 Å². The van der Waals surface area contributed by atoms with Crippen LogP contribution in [-0.2, 0) is 111 Å². The van der Waals surface area contributed by atoms with Crippen LogP contribution in [0.3, 0.4) is 0 Å². The molecule has 0 radical (unpaired) electrons. The zero-order valence-electron chi connectivity index (χ0n) is 48.9. The molecule has 0 spiro atoms. The molecule has 9 rings (SSSR count). The molecule has 6 aromatic rings. The highest BCUT2D eigenvalue weighted by Crippen LogP contribution is 2.37. The Bertz CT molecular complexity index is 3010. The molecule has 20 nitrogen and oxygen atoms in total. The summed E-state index contributed by atoms with van der Waals surface area (Å²) < 4.78 is 92.6. The molecular formula is C66H76N4O16. The Labute approximate surface area is 501 Å². The van der Waals surface area contributed by atoms with E-state index in [9.17, 15) is 15.1 Å². The van der Waals surface area contributed by atoms with Crippen molar-refractivity contribution in [1.29, 1.82) is 0 Å². The molecule has 3 fully saturated rings. The van der Waals surface area contributed by atoms with Gasteiger partial charge in [-0.25, -0.2) is 0 Å². The van der Waals surface area contributed by atoms with Gasteiger partial charge in [-0.2, -0.15) is 0 Å². The van der Waals surface area contributed by atoms with Crippen LogP contribution in [0.15, 0.2) is 181 Å². The van der Waals surface area contributed by atoms with E-state index in [0.29, 0.717) is 5.75 Å². The van der Waals surface area contributed by atoms with Crippen LogP contribution >= 0.6 is 0 Å². The standard InChI is InChI=1S/C66H76N4O16/c1-43-57(83-45(3)72)62(79-39-51-31-33-52(73-4)34-32-51)63(74-5)66(82-43)81-42-54-59(60(77-37-48-25-15-8-16-26-48)55(68-44(2)71)64(84-54)80-40-50-29-19-10-20-30-50)86-65-56(69-70-67)61(78-38-49-27-17-9-18-28-49)58(76-36-47-23-13-7-14-24-47)53(85-65)41-75-35-46-21-11-6-12-22-46/h6-34,43,53-66H,35-42H2,1-5H3,(H,68,71)/t43-,53+,54+,55+,56+,57+,58+,59+,60+,61+,62+,63-,64+,65-,66+/m0/s1. The van der Waals surface area contributed by atoms with Crippen molar-refractivity contribution in [2.75, 3.05) is 27.4 Å². The molecular weight excluding hydrogens is 1100 g/mol. The number of carbonyl (C=O) groups is 2. The maximum atomic E-state index is 13.5. The summed E-state index contributed by atoms with van der Waals surface area (Å²) in [5.74, 6) is -0.274. The molecule has 1 N–H and O–H groups in total. The van der Waals surface area contributed by atoms with E-state index in [4.69, 9.17) is 66.3 Å². The summed E-state index contributed by atoms with van der Waals surface area (Å²) in [5.41, 5.74) is 15.7. The minimum atomic E-state index is -1.43. The fourth-order valence-corrected chi connectivity index (χ4v) is 10.7. The third kappa shape index (κ3) is 17.8. The van der Waals surface area contributed by atoms with Crippen molar-refractivity contribution >= 4 is 11.9 Å². The number of esters is 1. The van der Waals surface area contributed by atoms with Gasteiger partial charge in [0.15, 0.2) is 25.0 Å². The smallest absolute Gasteiger partial charge is 0.303 e. The van der Waals surface area contributed by atoms with Crippen LogP contribution in [0, 0.1) is 0 Å². The van der Waals surface area contributed by atoms with Gasteiger partial charge in [0.2, 0.25) is 5.91 Å². The van der Waals surface area contributed by atoms with E-state index in [-0.39, 0.29) is 52.9 Å². The lowest BCUT2D eigenvalue weighted by atomic mass is 9.94. The molecule has 6 aromatic carbocycles. The van der Waals surface area contributed by atoms with Crippen LogP contribution in [0.1, 0.15) is 54.2 Å². The maximum absolute atomic E-state index is 13.5. The first kappa shape index (κ1) is 63.4. The maximum Gasteiger partial charge on any atom is 0.303 e. The van der Waals surface area contributed by atoms with Gasteiger partial charge in [-0.15, -0.1) is 0 Å². The number of hydrogen-bond acceptors (Lipinski definition) is 17. The number of rotatable bonds is 29. The number of amides is 1. The Hall–Kier alpha value is -7.11. The number of nitrogens with one attached hydrogen (secondary N) is 1. The number of carbonyl (C=O) groups excluding carboxylic acids is 2. The zero-order chi connectivity index (χ0) is 60.0. The van der Waals surface area contributed by atoms with Gasteiger partial charge in [-0.05, 0) is 58.0 Å². The largest absolute Gasteiger partial charge is 0.497 e. The Kier molecular flexibility index (Phi) is 24.0. The molecule has 3 aliphatic rings. The number of azide groups is 1.